The van der Waals surface area contributed by atoms with Gasteiger partial charge in [0, 0.05) is 11.9 Å². The third-order valence-electron chi connectivity index (χ3n) is 2.31. The number of nitrogens with zero attached hydrogens (tertiary/aromatic N) is 1. The first-order valence-corrected chi connectivity index (χ1v) is 4.81. The second-order valence-electron chi connectivity index (χ2n) is 4.00. The Labute approximate surface area is 87.3 Å². The molecule has 0 aliphatic carbocycles. The zero-order valence-corrected chi connectivity index (χ0v) is 8.97. The molecule has 1 aromatic heterocycles. The van der Waals surface area contributed by atoms with E-state index in [0.717, 1.165) is 5.69 Å². The third-order valence-corrected chi connectivity index (χ3v) is 2.31. The molecule has 1 unspecified atom stereocenters. The summed E-state index contributed by atoms with van der Waals surface area (Å²) < 4.78 is 38.2. The van der Waals surface area contributed by atoms with E-state index in [1.165, 1.54) is 12.3 Å². The van der Waals surface area contributed by atoms with Gasteiger partial charge in [-0.1, -0.05) is 19.9 Å². The van der Waals surface area contributed by atoms with E-state index in [9.17, 15) is 13.2 Å². The standard InChI is InChI=1S/C11H14F3N/c1-7(2)10(11(12,13)14)9-5-4-8(3)15-6-9/h4-7,10H,1-3H3. The maximum absolute atomic E-state index is 12.7. The highest BCUT2D eigenvalue weighted by molar-refractivity contribution is 5.20. The number of alkyl halides is 3. The lowest BCUT2D eigenvalue weighted by Gasteiger charge is -2.23. The van der Waals surface area contributed by atoms with Crippen LogP contribution < -0.4 is 0 Å². The van der Waals surface area contributed by atoms with E-state index in [-0.39, 0.29) is 5.56 Å². The Hall–Kier alpha value is -1.06. The normalized spacial score (nSPS) is 14.3. The van der Waals surface area contributed by atoms with E-state index in [1.54, 1.807) is 26.8 Å². The fourth-order valence-corrected chi connectivity index (χ4v) is 1.62. The fourth-order valence-electron chi connectivity index (χ4n) is 1.62. The van der Waals surface area contributed by atoms with Crippen molar-refractivity contribution < 1.29 is 13.2 Å². The maximum Gasteiger partial charge on any atom is 0.396 e. The predicted molar refractivity (Wildman–Crippen MR) is 52.6 cm³/mol. The van der Waals surface area contributed by atoms with Gasteiger partial charge in [-0.3, -0.25) is 4.98 Å². The molecule has 0 fully saturated rings. The van der Waals surface area contributed by atoms with Crippen molar-refractivity contribution in [2.75, 3.05) is 0 Å². The minimum absolute atomic E-state index is 0.239. The quantitative estimate of drug-likeness (QED) is 0.736. The van der Waals surface area contributed by atoms with E-state index in [1.807, 2.05) is 0 Å². The molecule has 0 aliphatic rings. The first kappa shape index (κ1) is 12.0. The van der Waals surface area contributed by atoms with E-state index >= 15 is 0 Å². The van der Waals surface area contributed by atoms with Gasteiger partial charge in [-0.25, -0.2) is 0 Å². The van der Waals surface area contributed by atoms with Gasteiger partial charge in [-0.05, 0) is 24.5 Å². The van der Waals surface area contributed by atoms with Gasteiger partial charge in [0.25, 0.3) is 0 Å². The van der Waals surface area contributed by atoms with E-state index in [2.05, 4.69) is 4.98 Å². The van der Waals surface area contributed by atoms with Crippen molar-refractivity contribution in [1.82, 2.24) is 4.98 Å². The fraction of sp³-hybridized carbons (Fsp3) is 0.545. The molecule has 84 valence electrons. The third kappa shape index (κ3) is 2.94. The van der Waals surface area contributed by atoms with Crippen molar-refractivity contribution in [3.63, 3.8) is 0 Å². The van der Waals surface area contributed by atoms with Gasteiger partial charge in [-0.2, -0.15) is 13.2 Å². The Bertz CT molecular complexity index is 314. The molecule has 1 aromatic rings. The average Bonchev–Trinajstić information content (AvgIpc) is 2.05. The Morgan fingerprint density at radius 3 is 2.13 bits per heavy atom. The molecule has 1 heterocycles. The summed E-state index contributed by atoms with van der Waals surface area (Å²) in [4.78, 5) is 3.90. The van der Waals surface area contributed by atoms with Crippen LogP contribution in [0.15, 0.2) is 18.3 Å². The SMILES string of the molecule is Cc1ccc(C(C(C)C)C(F)(F)F)cn1. The molecule has 15 heavy (non-hydrogen) atoms. The highest BCUT2D eigenvalue weighted by atomic mass is 19.4. The highest BCUT2D eigenvalue weighted by Crippen LogP contribution is 2.39. The van der Waals surface area contributed by atoms with E-state index in [4.69, 9.17) is 0 Å². The van der Waals surface area contributed by atoms with Crippen LogP contribution in [0.5, 0.6) is 0 Å². The van der Waals surface area contributed by atoms with E-state index < -0.39 is 18.0 Å². The van der Waals surface area contributed by atoms with Gasteiger partial charge in [0.05, 0.1) is 5.92 Å². The summed E-state index contributed by atoms with van der Waals surface area (Å²) in [6, 6.07) is 3.11. The van der Waals surface area contributed by atoms with Crippen molar-refractivity contribution in [3.05, 3.63) is 29.6 Å². The van der Waals surface area contributed by atoms with Crippen molar-refractivity contribution >= 4 is 0 Å². The minimum Gasteiger partial charge on any atom is -0.261 e. The van der Waals surface area contributed by atoms with Gasteiger partial charge in [0.1, 0.15) is 0 Å². The molecule has 0 amide bonds. The highest BCUT2D eigenvalue weighted by Gasteiger charge is 2.42. The summed E-state index contributed by atoms with van der Waals surface area (Å²) in [5, 5.41) is 0. The number of hydrogen-bond acceptors (Lipinski definition) is 1. The molecule has 0 saturated carbocycles. The van der Waals surface area contributed by atoms with Gasteiger partial charge in [-0.15, -0.1) is 0 Å². The van der Waals surface area contributed by atoms with Gasteiger partial charge < -0.3 is 0 Å². The second kappa shape index (κ2) is 4.21. The number of hydrogen-bond donors (Lipinski definition) is 0. The summed E-state index contributed by atoms with van der Waals surface area (Å²) >= 11 is 0. The number of aromatic nitrogens is 1. The van der Waals surface area contributed by atoms with Gasteiger partial charge in [0.2, 0.25) is 0 Å². The van der Waals surface area contributed by atoms with Crippen LogP contribution in [0.1, 0.15) is 31.0 Å². The number of pyridine rings is 1. The molecule has 1 atom stereocenters. The van der Waals surface area contributed by atoms with Crippen molar-refractivity contribution in [2.45, 2.75) is 32.9 Å². The zero-order chi connectivity index (χ0) is 11.6. The Kier molecular flexibility index (Phi) is 3.37. The van der Waals surface area contributed by atoms with Crippen molar-refractivity contribution in [3.8, 4) is 0 Å². The predicted octanol–water partition coefficient (Wildman–Crippen LogP) is 3.69. The summed E-state index contributed by atoms with van der Waals surface area (Å²) in [6.45, 7) is 4.89. The first-order valence-electron chi connectivity index (χ1n) is 4.81. The molecule has 0 aliphatic heterocycles. The van der Waals surface area contributed by atoms with Crippen LogP contribution in [0.2, 0.25) is 0 Å². The minimum atomic E-state index is -4.20. The van der Waals surface area contributed by atoms with Crippen LogP contribution in [0.4, 0.5) is 13.2 Å². The van der Waals surface area contributed by atoms with Crippen LogP contribution in [-0.2, 0) is 0 Å². The molecule has 0 saturated heterocycles. The largest absolute Gasteiger partial charge is 0.396 e. The molecule has 0 spiro atoms. The van der Waals surface area contributed by atoms with Gasteiger partial charge >= 0.3 is 6.18 Å². The first-order chi connectivity index (χ1) is 6.82. The monoisotopic (exact) mass is 217 g/mol. The molecule has 0 N–H and O–H groups in total. The Morgan fingerprint density at radius 1 is 1.20 bits per heavy atom. The molecule has 4 heteroatoms. The molecular formula is C11H14F3N. The van der Waals surface area contributed by atoms with Crippen LogP contribution in [0.3, 0.4) is 0 Å². The van der Waals surface area contributed by atoms with Crippen LogP contribution in [-0.4, -0.2) is 11.2 Å². The maximum atomic E-state index is 12.7. The Balaban J connectivity index is 3.05. The summed E-state index contributed by atoms with van der Waals surface area (Å²) in [5.41, 5.74) is 0.964. The second-order valence-corrected chi connectivity index (χ2v) is 4.00. The lowest BCUT2D eigenvalue weighted by Crippen LogP contribution is -2.25. The zero-order valence-electron chi connectivity index (χ0n) is 8.97. The van der Waals surface area contributed by atoms with Gasteiger partial charge in [0.15, 0.2) is 0 Å². The summed E-state index contributed by atoms with van der Waals surface area (Å²) in [6.07, 6.45) is -2.89. The number of rotatable bonds is 2. The van der Waals surface area contributed by atoms with Crippen LogP contribution >= 0.6 is 0 Å². The summed E-state index contributed by atoms with van der Waals surface area (Å²) in [5.74, 6) is -1.90. The van der Waals surface area contributed by atoms with Crippen molar-refractivity contribution in [2.24, 2.45) is 5.92 Å². The summed E-state index contributed by atoms with van der Waals surface area (Å²) in [7, 11) is 0. The lowest BCUT2D eigenvalue weighted by molar-refractivity contribution is -0.159. The molecule has 0 aromatic carbocycles. The number of aryl methyl sites for hydroxylation is 1. The molecule has 0 radical (unpaired) electrons. The van der Waals surface area contributed by atoms with Crippen LogP contribution in [0, 0.1) is 12.8 Å². The topological polar surface area (TPSA) is 12.9 Å². The number of halogens is 3. The molecule has 0 bridgehead atoms. The van der Waals surface area contributed by atoms with Crippen molar-refractivity contribution in [1.29, 1.82) is 0 Å². The van der Waals surface area contributed by atoms with Crippen LogP contribution in [0.25, 0.3) is 0 Å². The smallest absolute Gasteiger partial charge is 0.261 e. The molecule has 1 rings (SSSR count). The molecule has 1 nitrogen and oxygen atoms in total. The lowest BCUT2D eigenvalue weighted by atomic mass is 9.89. The van der Waals surface area contributed by atoms with E-state index in [0.29, 0.717) is 0 Å². The average molecular weight is 217 g/mol. The molecular weight excluding hydrogens is 203 g/mol. The Morgan fingerprint density at radius 2 is 1.80 bits per heavy atom.